The van der Waals surface area contributed by atoms with Crippen LogP contribution in [0.3, 0.4) is 0 Å². The number of aromatic hydroxyl groups is 1. The van der Waals surface area contributed by atoms with Crippen LogP contribution < -0.4 is 10.9 Å². The molecule has 0 saturated heterocycles. The molecule has 0 spiro atoms. The Morgan fingerprint density at radius 3 is 2.50 bits per heavy atom. The summed E-state index contributed by atoms with van der Waals surface area (Å²) in [6, 6.07) is 4.81. The molecule has 0 atom stereocenters. The van der Waals surface area contributed by atoms with E-state index >= 15 is 0 Å². The molecule has 0 bridgehead atoms. The SMILES string of the molecule is Cc1ccc(C(=O)Nc2cc(C(F)(F)F)ccc2O)c(=O)[nH]1. The molecule has 0 fully saturated rings. The van der Waals surface area contributed by atoms with Crippen molar-refractivity contribution in [2.75, 3.05) is 5.32 Å². The predicted molar refractivity (Wildman–Crippen MR) is 72.9 cm³/mol. The van der Waals surface area contributed by atoms with Gasteiger partial charge in [0.05, 0.1) is 11.3 Å². The summed E-state index contributed by atoms with van der Waals surface area (Å²) in [6.45, 7) is 1.61. The third kappa shape index (κ3) is 3.27. The van der Waals surface area contributed by atoms with Crippen molar-refractivity contribution >= 4 is 11.6 Å². The van der Waals surface area contributed by atoms with E-state index in [9.17, 15) is 27.9 Å². The van der Waals surface area contributed by atoms with E-state index in [-0.39, 0.29) is 5.56 Å². The molecule has 0 aliphatic rings. The van der Waals surface area contributed by atoms with E-state index < -0.39 is 34.6 Å². The van der Waals surface area contributed by atoms with Gasteiger partial charge in [-0.2, -0.15) is 13.2 Å². The number of pyridine rings is 1. The van der Waals surface area contributed by atoms with Gasteiger partial charge in [-0.3, -0.25) is 9.59 Å². The largest absolute Gasteiger partial charge is 0.506 e. The number of hydrogen-bond acceptors (Lipinski definition) is 3. The van der Waals surface area contributed by atoms with Crippen LogP contribution in [-0.2, 0) is 6.18 Å². The second kappa shape index (κ2) is 5.55. The summed E-state index contributed by atoms with van der Waals surface area (Å²) in [6.07, 6.45) is -4.62. The Hall–Kier alpha value is -2.77. The van der Waals surface area contributed by atoms with Gasteiger partial charge in [0.15, 0.2) is 0 Å². The minimum Gasteiger partial charge on any atom is -0.506 e. The van der Waals surface area contributed by atoms with E-state index in [1.165, 1.54) is 12.1 Å². The van der Waals surface area contributed by atoms with Crippen molar-refractivity contribution < 1.29 is 23.1 Å². The third-order valence-corrected chi connectivity index (χ3v) is 2.87. The van der Waals surface area contributed by atoms with Gasteiger partial charge in [-0.25, -0.2) is 0 Å². The number of hydrogen-bond donors (Lipinski definition) is 3. The number of halogens is 3. The summed E-state index contributed by atoms with van der Waals surface area (Å²) >= 11 is 0. The predicted octanol–water partition coefficient (Wildman–Crippen LogP) is 2.66. The van der Waals surface area contributed by atoms with E-state index in [1.54, 1.807) is 6.92 Å². The van der Waals surface area contributed by atoms with Crippen molar-refractivity contribution in [1.29, 1.82) is 0 Å². The molecule has 0 unspecified atom stereocenters. The molecule has 8 heteroatoms. The van der Waals surface area contributed by atoms with Gasteiger partial charge in [0.25, 0.3) is 11.5 Å². The van der Waals surface area contributed by atoms with Gasteiger partial charge >= 0.3 is 6.18 Å². The average Bonchev–Trinajstić information content (AvgIpc) is 2.39. The van der Waals surface area contributed by atoms with Crippen LogP contribution >= 0.6 is 0 Å². The van der Waals surface area contributed by atoms with Crippen LogP contribution in [0.25, 0.3) is 0 Å². The molecule has 2 rings (SSSR count). The minimum atomic E-state index is -4.62. The molecule has 1 aromatic carbocycles. The highest BCUT2D eigenvalue weighted by Gasteiger charge is 2.31. The molecule has 22 heavy (non-hydrogen) atoms. The molecule has 3 N–H and O–H groups in total. The van der Waals surface area contributed by atoms with Crippen LogP contribution in [0.15, 0.2) is 35.1 Å². The number of aryl methyl sites for hydroxylation is 1. The van der Waals surface area contributed by atoms with E-state index in [2.05, 4.69) is 10.3 Å². The Kier molecular flexibility index (Phi) is 3.94. The van der Waals surface area contributed by atoms with Crippen LogP contribution in [0.2, 0.25) is 0 Å². The zero-order valence-electron chi connectivity index (χ0n) is 11.3. The molecule has 0 aliphatic carbocycles. The van der Waals surface area contributed by atoms with Gasteiger partial charge in [0, 0.05) is 5.69 Å². The summed E-state index contributed by atoms with van der Waals surface area (Å²) in [5.74, 6) is -1.46. The number of alkyl halides is 3. The number of carbonyl (C=O) groups is 1. The standard InChI is InChI=1S/C14H11F3N2O3/c1-7-2-4-9(12(21)18-7)13(22)19-10-6-8(14(15,16)17)3-5-11(10)20/h2-6,20H,1H3,(H,18,21)(H,19,22). The van der Waals surface area contributed by atoms with Crippen LogP contribution in [0.4, 0.5) is 18.9 Å². The first-order chi connectivity index (χ1) is 10.2. The molecule has 1 aromatic heterocycles. The van der Waals surface area contributed by atoms with Crippen LogP contribution in [0.1, 0.15) is 21.6 Å². The zero-order valence-corrected chi connectivity index (χ0v) is 11.3. The number of aromatic amines is 1. The third-order valence-electron chi connectivity index (χ3n) is 2.87. The lowest BCUT2D eigenvalue weighted by Gasteiger charge is -2.11. The molecular weight excluding hydrogens is 301 g/mol. The van der Waals surface area contributed by atoms with E-state index in [1.807, 2.05) is 0 Å². The smallest absolute Gasteiger partial charge is 0.416 e. The monoisotopic (exact) mass is 312 g/mol. The molecule has 0 radical (unpaired) electrons. The molecule has 5 nitrogen and oxygen atoms in total. The van der Waals surface area contributed by atoms with Gasteiger partial charge in [-0.1, -0.05) is 0 Å². The zero-order chi connectivity index (χ0) is 16.5. The minimum absolute atomic E-state index is 0.276. The number of aromatic nitrogens is 1. The number of phenolic OH excluding ortho intramolecular Hbond substituents is 1. The number of anilines is 1. The topological polar surface area (TPSA) is 82.2 Å². The first kappa shape index (κ1) is 15.6. The molecule has 1 amide bonds. The van der Waals surface area contributed by atoms with E-state index in [0.29, 0.717) is 17.8 Å². The molecule has 0 saturated carbocycles. The number of phenols is 1. The Balaban J connectivity index is 2.34. The first-order valence-corrected chi connectivity index (χ1v) is 6.10. The summed E-state index contributed by atoms with van der Waals surface area (Å²) in [5.41, 5.74) is -1.88. The summed E-state index contributed by atoms with van der Waals surface area (Å²) < 4.78 is 37.9. The van der Waals surface area contributed by atoms with E-state index in [4.69, 9.17) is 0 Å². The highest BCUT2D eigenvalue weighted by molar-refractivity contribution is 6.04. The van der Waals surface area contributed by atoms with Crippen molar-refractivity contribution in [1.82, 2.24) is 4.98 Å². The lowest BCUT2D eigenvalue weighted by atomic mass is 10.1. The van der Waals surface area contributed by atoms with Gasteiger partial charge in [-0.15, -0.1) is 0 Å². The Bertz CT molecular complexity index is 782. The summed E-state index contributed by atoms with van der Waals surface area (Å²) in [7, 11) is 0. The number of nitrogens with one attached hydrogen (secondary N) is 2. The van der Waals surface area contributed by atoms with E-state index in [0.717, 1.165) is 6.07 Å². The van der Waals surface area contributed by atoms with Crippen molar-refractivity contribution in [3.05, 3.63) is 57.5 Å². The lowest BCUT2D eigenvalue weighted by molar-refractivity contribution is -0.137. The maximum absolute atomic E-state index is 12.6. The molecule has 116 valence electrons. The highest BCUT2D eigenvalue weighted by atomic mass is 19.4. The van der Waals surface area contributed by atoms with Crippen molar-refractivity contribution in [3.8, 4) is 5.75 Å². The van der Waals surface area contributed by atoms with Crippen molar-refractivity contribution in [2.24, 2.45) is 0 Å². The number of benzene rings is 1. The maximum Gasteiger partial charge on any atom is 0.416 e. The van der Waals surface area contributed by atoms with Crippen molar-refractivity contribution in [2.45, 2.75) is 13.1 Å². The molecule has 2 aromatic rings. The van der Waals surface area contributed by atoms with Crippen molar-refractivity contribution in [3.63, 3.8) is 0 Å². The molecule has 1 heterocycles. The van der Waals surface area contributed by atoms with Gasteiger partial charge in [0.1, 0.15) is 11.3 Å². The normalized spacial score (nSPS) is 11.3. The fourth-order valence-electron chi connectivity index (χ4n) is 1.75. The number of H-pyrrole nitrogens is 1. The highest BCUT2D eigenvalue weighted by Crippen LogP contribution is 2.34. The number of rotatable bonds is 2. The first-order valence-electron chi connectivity index (χ1n) is 6.10. The summed E-state index contributed by atoms with van der Waals surface area (Å²) in [4.78, 5) is 26.0. The van der Waals surface area contributed by atoms with Crippen LogP contribution in [0.5, 0.6) is 5.75 Å². The van der Waals surface area contributed by atoms with Crippen LogP contribution in [-0.4, -0.2) is 16.0 Å². The molecular formula is C14H11F3N2O3. The maximum atomic E-state index is 12.6. The Morgan fingerprint density at radius 2 is 1.91 bits per heavy atom. The fraction of sp³-hybridized carbons (Fsp3) is 0.143. The van der Waals surface area contributed by atoms with Gasteiger partial charge in [-0.05, 0) is 37.3 Å². The van der Waals surface area contributed by atoms with Gasteiger partial charge in [0.2, 0.25) is 0 Å². The number of amides is 1. The second-order valence-corrected chi connectivity index (χ2v) is 4.57. The Morgan fingerprint density at radius 1 is 1.23 bits per heavy atom. The quantitative estimate of drug-likeness (QED) is 0.746. The second-order valence-electron chi connectivity index (χ2n) is 4.57. The lowest BCUT2D eigenvalue weighted by Crippen LogP contribution is -2.23. The fourth-order valence-corrected chi connectivity index (χ4v) is 1.75. The summed E-state index contributed by atoms with van der Waals surface area (Å²) in [5, 5.41) is 11.6. The average molecular weight is 312 g/mol. The molecule has 0 aliphatic heterocycles. The number of carbonyl (C=O) groups excluding carboxylic acids is 1. The Labute approximate surface area is 122 Å². The van der Waals surface area contributed by atoms with Gasteiger partial charge < -0.3 is 15.4 Å². The van der Waals surface area contributed by atoms with Crippen LogP contribution in [0, 0.1) is 6.92 Å².